The summed E-state index contributed by atoms with van der Waals surface area (Å²) in [7, 11) is -3.74. The molecule has 3 aromatic carbocycles. The molecule has 0 saturated carbocycles. The van der Waals surface area contributed by atoms with Crippen molar-refractivity contribution < 1.29 is 8.42 Å². The molecule has 0 saturated heterocycles. The van der Waals surface area contributed by atoms with Gasteiger partial charge < -0.3 is 4.98 Å². The van der Waals surface area contributed by atoms with Crippen molar-refractivity contribution in [1.82, 2.24) is 9.29 Å². The number of rotatable bonds is 3. The summed E-state index contributed by atoms with van der Waals surface area (Å²) in [6, 6.07) is 18.9. The van der Waals surface area contributed by atoms with E-state index in [4.69, 9.17) is 11.6 Å². The lowest BCUT2D eigenvalue weighted by Crippen LogP contribution is -2.40. The van der Waals surface area contributed by atoms with Gasteiger partial charge in [0.2, 0.25) is 10.0 Å². The fourth-order valence-corrected chi connectivity index (χ4v) is 6.80. The molecule has 0 amide bonds. The van der Waals surface area contributed by atoms with E-state index in [9.17, 15) is 8.42 Å². The molecule has 1 aliphatic heterocycles. The van der Waals surface area contributed by atoms with Crippen LogP contribution in [0.25, 0.3) is 10.9 Å². The Morgan fingerprint density at radius 2 is 1.62 bits per heavy atom. The molecule has 32 heavy (non-hydrogen) atoms. The van der Waals surface area contributed by atoms with Gasteiger partial charge in [-0.2, -0.15) is 4.31 Å². The molecule has 0 radical (unpaired) electrons. The minimum atomic E-state index is -3.74. The molecule has 1 aliphatic rings. The molecule has 0 bridgehead atoms. The average Bonchev–Trinajstić information content (AvgIpc) is 3.15. The molecule has 1 unspecified atom stereocenters. The number of nitrogens with one attached hydrogen (secondary N) is 1. The number of para-hydroxylation sites is 1. The third-order valence-electron chi connectivity index (χ3n) is 6.55. The second-order valence-corrected chi connectivity index (χ2v) is 10.9. The zero-order valence-electron chi connectivity index (χ0n) is 18.3. The summed E-state index contributed by atoms with van der Waals surface area (Å²) in [5.74, 6) is 0. The second kappa shape index (κ2) is 7.77. The molecule has 1 N–H and O–H groups in total. The topological polar surface area (TPSA) is 53.2 Å². The van der Waals surface area contributed by atoms with Crippen LogP contribution in [0.3, 0.4) is 0 Å². The van der Waals surface area contributed by atoms with E-state index in [0.29, 0.717) is 22.9 Å². The highest BCUT2D eigenvalue weighted by atomic mass is 35.5. The Bertz CT molecular complexity index is 1440. The first-order valence-electron chi connectivity index (χ1n) is 10.7. The Morgan fingerprint density at radius 3 is 2.38 bits per heavy atom. The van der Waals surface area contributed by atoms with Gasteiger partial charge in [0.15, 0.2) is 0 Å². The number of sulfonamides is 1. The monoisotopic (exact) mass is 464 g/mol. The molecule has 0 spiro atoms. The van der Waals surface area contributed by atoms with Gasteiger partial charge in [0.25, 0.3) is 0 Å². The molecule has 4 aromatic rings. The maximum absolute atomic E-state index is 14.0. The highest BCUT2D eigenvalue weighted by molar-refractivity contribution is 7.89. The summed E-state index contributed by atoms with van der Waals surface area (Å²) in [6.45, 7) is 6.25. The summed E-state index contributed by atoms with van der Waals surface area (Å²) in [6.07, 6.45) is 0.659. The van der Waals surface area contributed by atoms with Gasteiger partial charge in [-0.3, -0.25) is 0 Å². The maximum atomic E-state index is 14.0. The van der Waals surface area contributed by atoms with Crippen LogP contribution < -0.4 is 0 Å². The van der Waals surface area contributed by atoms with Crippen molar-refractivity contribution >= 4 is 32.5 Å². The standard InChI is InChI=1S/C26H25ClN2O2S/c1-16-14-18(3)24(15-17(16)2)32(30,31)29-13-12-22-21-6-4-5-7-23(21)28-25(22)26(29)19-8-10-20(27)11-9-19/h4-11,14-15,26,28H,12-13H2,1-3H3. The number of nitrogens with zero attached hydrogens (tertiary/aromatic N) is 1. The Hall–Kier alpha value is -2.60. The van der Waals surface area contributed by atoms with Crippen molar-refractivity contribution in [3.05, 3.63) is 99.2 Å². The molecule has 1 aromatic heterocycles. The van der Waals surface area contributed by atoms with Gasteiger partial charge in [-0.05, 0) is 79.3 Å². The van der Waals surface area contributed by atoms with Gasteiger partial charge >= 0.3 is 0 Å². The summed E-state index contributed by atoms with van der Waals surface area (Å²) in [5.41, 5.74) is 6.87. The van der Waals surface area contributed by atoms with E-state index in [1.807, 2.05) is 69.3 Å². The zero-order chi connectivity index (χ0) is 22.6. The molecule has 164 valence electrons. The van der Waals surface area contributed by atoms with Crippen molar-refractivity contribution in [2.24, 2.45) is 0 Å². The molecule has 5 rings (SSSR count). The number of aryl methyl sites for hydroxylation is 3. The van der Waals surface area contributed by atoms with Crippen LogP contribution >= 0.6 is 11.6 Å². The molecule has 4 nitrogen and oxygen atoms in total. The summed E-state index contributed by atoms with van der Waals surface area (Å²) < 4.78 is 29.7. The molecular formula is C26H25ClN2O2S. The smallest absolute Gasteiger partial charge is 0.244 e. The maximum Gasteiger partial charge on any atom is 0.244 e. The normalized spacial score (nSPS) is 16.9. The fraction of sp³-hybridized carbons (Fsp3) is 0.231. The summed E-state index contributed by atoms with van der Waals surface area (Å²) in [5, 5.41) is 1.78. The van der Waals surface area contributed by atoms with E-state index in [0.717, 1.165) is 38.9 Å². The number of fused-ring (bicyclic) bond motifs is 3. The predicted octanol–water partition coefficient (Wildman–Crippen LogP) is 6.08. The molecule has 6 heteroatoms. The average molecular weight is 465 g/mol. The van der Waals surface area contributed by atoms with Crippen LogP contribution in [-0.4, -0.2) is 24.3 Å². The van der Waals surface area contributed by atoms with Crippen molar-refractivity contribution in [2.45, 2.75) is 38.1 Å². The van der Waals surface area contributed by atoms with Gasteiger partial charge in [0.1, 0.15) is 0 Å². The first kappa shape index (κ1) is 21.3. The lowest BCUT2D eigenvalue weighted by atomic mass is 9.94. The van der Waals surface area contributed by atoms with Gasteiger partial charge in [-0.15, -0.1) is 0 Å². The third-order valence-corrected chi connectivity index (χ3v) is 8.81. The quantitative estimate of drug-likeness (QED) is 0.399. The first-order chi connectivity index (χ1) is 15.3. The van der Waals surface area contributed by atoms with Crippen LogP contribution in [0.5, 0.6) is 0 Å². The van der Waals surface area contributed by atoms with Crippen molar-refractivity contribution in [3.8, 4) is 0 Å². The van der Waals surface area contributed by atoms with Crippen LogP contribution in [0, 0.1) is 20.8 Å². The van der Waals surface area contributed by atoms with Gasteiger partial charge in [-0.1, -0.05) is 48.0 Å². The van der Waals surface area contributed by atoms with Gasteiger partial charge in [0, 0.05) is 28.2 Å². The predicted molar refractivity (Wildman–Crippen MR) is 130 cm³/mol. The Morgan fingerprint density at radius 1 is 0.938 bits per heavy atom. The first-order valence-corrected chi connectivity index (χ1v) is 12.5. The van der Waals surface area contributed by atoms with Crippen molar-refractivity contribution in [3.63, 3.8) is 0 Å². The van der Waals surface area contributed by atoms with Crippen LogP contribution in [0.2, 0.25) is 5.02 Å². The number of aromatic nitrogens is 1. The SMILES string of the molecule is Cc1cc(C)c(S(=O)(=O)N2CCc3c([nH]c4ccccc34)C2c2ccc(Cl)cc2)cc1C. The van der Waals surface area contributed by atoms with Crippen molar-refractivity contribution in [2.75, 3.05) is 6.54 Å². The number of hydrogen-bond donors (Lipinski definition) is 1. The summed E-state index contributed by atoms with van der Waals surface area (Å²) in [4.78, 5) is 3.90. The van der Waals surface area contributed by atoms with E-state index in [2.05, 4.69) is 11.1 Å². The van der Waals surface area contributed by atoms with E-state index in [1.54, 1.807) is 10.4 Å². The van der Waals surface area contributed by atoms with E-state index in [1.165, 1.54) is 5.56 Å². The minimum absolute atomic E-state index is 0.374. The molecule has 2 heterocycles. The number of hydrogen-bond acceptors (Lipinski definition) is 2. The van der Waals surface area contributed by atoms with Crippen LogP contribution in [0.1, 0.15) is 39.6 Å². The number of H-pyrrole nitrogens is 1. The van der Waals surface area contributed by atoms with Crippen LogP contribution in [0.4, 0.5) is 0 Å². The minimum Gasteiger partial charge on any atom is -0.357 e. The molecule has 0 fully saturated rings. The highest BCUT2D eigenvalue weighted by Crippen LogP contribution is 2.41. The fourth-order valence-electron chi connectivity index (χ4n) is 4.79. The van der Waals surface area contributed by atoms with E-state index in [-0.39, 0.29) is 0 Å². The third kappa shape index (κ3) is 3.36. The molecular weight excluding hydrogens is 440 g/mol. The van der Waals surface area contributed by atoms with Gasteiger partial charge in [-0.25, -0.2) is 8.42 Å². The lowest BCUT2D eigenvalue weighted by Gasteiger charge is -2.35. The number of halogens is 1. The summed E-state index contributed by atoms with van der Waals surface area (Å²) >= 11 is 6.15. The van der Waals surface area contributed by atoms with E-state index < -0.39 is 16.1 Å². The lowest BCUT2D eigenvalue weighted by molar-refractivity contribution is 0.340. The zero-order valence-corrected chi connectivity index (χ0v) is 19.9. The van der Waals surface area contributed by atoms with Crippen molar-refractivity contribution in [1.29, 1.82) is 0 Å². The Balaban J connectivity index is 1.72. The largest absolute Gasteiger partial charge is 0.357 e. The van der Waals surface area contributed by atoms with Gasteiger partial charge in [0.05, 0.1) is 10.9 Å². The van der Waals surface area contributed by atoms with Crippen LogP contribution in [-0.2, 0) is 16.4 Å². The Kier molecular flexibility index (Phi) is 5.16. The molecule has 0 aliphatic carbocycles. The molecule has 1 atom stereocenters. The number of benzene rings is 3. The van der Waals surface area contributed by atoms with Crippen LogP contribution in [0.15, 0.2) is 65.6 Å². The second-order valence-electron chi connectivity index (χ2n) is 8.58. The Labute approximate surface area is 193 Å². The van der Waals surface area contributed by atoms with E-state index >= 15 is 0 Å². The number of aromatic amines is 1. The highest BCUT2D eigenvalue weighted by Gasteiger charge is 2.39.